The van der Waals surface area contributed by atoms with E-state index in [4.69, 9.17) is 9.47 Å². The Bertz CT molecular complexity index is 181. The maximum absolute atomic E-state index is 9.37. The highest BCUT2D eigenvalue weighted by atomic mass is 16.6. The molecule has 1 rings (SSSR count). The maximum atomic E-state index is 9.37. The van der Waals surface area contributed by atoms with E-state index in [2.05, 4.69) is 6.58 Å². The molecule has 1 saturated heterocycles. The van der Waals surface area contributed by atoms with Crippen LogP contribution >= 0.6 is 0 Å². The molecule has 0 aromatic rings. The SMILES string of the molecule is C=C1C[C@@H](OC(C)(C)O)[C@H](C)O1. The molecule has 1 heterocycles. The molecule has 0 aliphatic carbocycles. The molecule has 2 atom stereocenters. The number of aliphatic hydroxyl groups is 1. The fourth-order valence-electron chi connectivity index (χ4n) is 1.29. The van der Waals surface area contributed by atoms with Crippen LogP contribution in [0.2, 0.25) is 0 Å². The van der Waals surface area contributed by atoms with Crippen molar-refractivity contribution in [1.82, 2.24) is 0 Å². The zero-order valence-electron chi connectivity index (χ0n) is 7.83. The third-order valence-electron chi connectivity index (χ3n) is 1.74. The molecule has 0 unspecified atom stereocenters. The first-order valence-corrected chi connectivity index (χ1v) is 4.13. The van der Waals surface area contributed by atoms with Crippen molar-refractivity contribution in [1.29, 1.82) is 0 Å². The fraction of sp³-hybridized carbons (Fsp3) is 0.778. The first-order chi connectivity index (χ1) is 5.38. The zero-order valence-corrected chi connectivity index (χ0v) is 7.83. The van der Waals surface area contributed by atoms with E-state index in [0.717, 1.165) is 5.76 Å². The number of hydrogen-bond acceptors (Lipinski definition) is 3. The standard InChI is InChI=1S/C9H16O3/c1-6-5-8(7(2)11-6)12-9(3,4)10/h7-8,10H,1,5H2,2-4H3/t7-,8+/m0/s1. The molecule has 0 saturated carbocycles. The summed E-state index contributed by atoms with van der Waals surface area (Å²) < 4.78 is 10.6. The first-order valence-electron chi connectivity index (χ1n) is 4.13. The van der Waals surface area contributed by atoms with Crippen molar-refractivity contribution in [3.05, 3.63) is 12.3 Å². The highest BCUT2D eigenvalue weighted by Gasteiger charge is 2.32. The second-order valence-electron chi connectivity index (χ2n) is 3.67. The number of hydrogen-bond donors (Lipinski definition) is 1. The van der Waals surface area contributed by atoms with Gasteiger partial charge in [0.05, 0.1) is 5.76 Å². The van der Waals surface area contributed by atoms with Gasteiger partial charge in [-0.25, -0.2) is 0 Å². The topological polar surface area (TPSA) is 38.7 Å². The Balaban J connectivity index is 2.48. The van der Waals surface area contributed by atoms with E-state index in [1.165, 1.54) is 0 Å². The van der Waals surface area contributed by atoms with E-state index < -0.39 is 5.79 Å². The second-order valence-corrected chi connectivity index (χ2v) is 3.67. The number of ether oxygens (including phenoxy) is 2. The molecule has 3 heteroatoms. The van der Waals surface area contributed by atoms with Crippen molar-refractivity contribution < 1.29 is 14.6 Å². The Labute approximate surface area is 73.0 Å². The molecule has 1 N–H and O–H groups in total. The third-order valence-corrected chi connectivity index (χ3v) is 1.74. The second kappa shape index (κ2) is 3.07. The van der Waals surface area contributed by atoms with Crippen LogP contribution in [0, 0.1) is 0 Å². The minimum atomic E-state index is -1.09. The Morgan fingerprint density at radius 2 is 2.25 bits per heavy atom. The molecule has 12 heavy (non-hydrogen) atoms. The van der Waals surface area contributed by atoms with Gasteiger partial charge in [-0.1, -0.05) is 6.58 Å². The van der Waals surface area contributed by atoms with Crippen molar-refractivity contribution in [2.45, 2.75) is 45.2 Å². The molecular weight excluding hydrogens is 156 g/mol. The van der Waals surface area contributed by atoms with Gasteiger partial charge in [-0.2, -0.15) is 0 Å². The average Bonchev–Trinajstić information content (AvgIpc) is 2.06. The first kappa shape index (κ1) is 9.55. The predicted molar refractivity (Wildman–Crippen MR) is 45.5 cm³/mol. The van der Waals surface area contributed by atoms with Crippen molar-refractivity contribution in [2.75, 3.05) is 0 Å². The molecule has 0 amide bonds. The van der Waals surface area contributed by atoms with Crippen LogP contribution in [0.3, 0.4) is 0 Å². The lowest BCUT2D eigenvalue weighted by molar-refractivity contribution is -0.212. The summed E-state index contributed by atoms with van der Waals surface area (Å²) in [5.41, 5.74) is 0. The van der Waals surface area contributed by atoms with E-state index in [9.17, 15) is 5.11 Å². The van der Waals surface area contributed by atoms with Crippen molar-refractivity contribution in [3.63, 3.8) is 0 Å². The molecule has 0 bridgehead atoms. The van der Waals surface area contributed by atoms with Gasteiger partial charge in [-0.15, -0.1) is 0 Å². The van der Waals surface area contributed by atoms with Gasteiger partial charge in [0.2, 0.25) is 0 Å². The van der Waals surface area contributed by atoms with Gasteiger partial charge in [0.25, 0.3) is 0 Å². The van der Waals surface area contributed by atoms with E-state index >= 15 is 0 Å². The summed E-state index contributed by atoms with van der Waals surface area (Å²) >= 11 is 0. The quantitative estimate of drug-likeness (QED) is 0.640. The molecule has 0 aromatic carbocycles. The lowest BCUT2D eigenvalue weighted by Gasteiger charge is -2.24. The van der Waals surface area contributed by atoms with Gasteiger partial charge >= 0.3 is 0 Å². The van der Waals surface area contributed by atoms with Crippen LogP contribution in [0.15, 0.2) is 12.3 Å². The Hall–Kier alpha value is -0.540. The van der Waals surface area contributed by atoms with Gasteiger partial charge in [0, 0.05) is 6.42 Å². The fourth-order valence-corrected chi connectivity index (χ4v) is 1.29. The van der Waals surface area contributed by atoms with Crippen LogP contribution in [-0.2, 0) is 9.47 Å². The van der Waals surface area contributed by atoms with E-state index in [-0.39, 0.29) is 12.2 Å². The highest BCUT2D eigenvalue weighted by molar-refractivity contribution is 4.96. The summed E-state index contributed by atoms with van der Waals surface area (Å²) in [6.07, 6.45) is 0.590. The number of rotatable bonds is 2. The van der Waals surface area contributed by atoms with Crippen molar-refractivity contribution >= 4 is 0 Å². The van der Waals surface area contributed by atoms with Crippen LogP contribution in [0.25, 0.3) is 0 Å². The van der Waals surface area contributed by atoms with E-state index in [0.29, 0.717) is 6.42 Å². The summed E-state index contributed by atoms with van der Waals surface area (Å²) in [6.45, 7) is 8.84. The monoisotopic (exact) mass is 172 g/mol. The minimum Gasteiger partial charge on any atom is -0.493 e. The van der Waals surface area contributed by atoms with Crippen molar-refractivity contribution in [3.8, 4) is 0 Å². The van der Waals surface area contributed by atoms with Gasteiger partial charge in [0.15, 0.2) is 5.79 Å². The maximum Gasteiger partial charge on any atom is 0.160 e. The summed E-state index contributed by atoms with van der Waals surface area (Å²) in [5, 5.41) is 9.37. The lowest BCUT2D eigenvalue weighted by Crippen LogP contribution is -2.33. The summed E-state index contributed by atoms with van der Waals surface area (Å²) in [5.74, 6) is -0.357. The van der Waals surface area contributed by atoms with Gasteiger partial charge in [-0.3, -0.25) is 0 Å². The molecule has 1 fully saturated rings. The minimum absolute atomic E-state index is 0.0103. The zero-order chi connectivity index (χ0) is 9.35. The van der Waals surface area contributed by atoms with Crippen LogP contribution in [0.1, 0.15) is 27.2 Å². The largest absolute Gasteiger partial charge is 0.493 e. The molecule has 70 valence electrons. The molecule has 1 aliphatic heterocycles. The van der Waals surface area contributed by atoms with Gasteiger partial charge in [-0.05, 0) is 20.8 Å². The molecule has 0 spiro atoms. The summed E-state index contributed by atoms with van der Waals surface area (Å²) in [4.78, 5) is 0. The molecule has 0 radical (unpaired) electrons. The molecule has 1 aliphatic rings. The predicted octanol–water partition coefficient (Wildman–Crippen LogP) is 1.42. The van der Waals surface area contributed by atoms with Crippen LogP contribution in [0.5, 0.6) is 0 Å². The van der Waals surface area contributed by atoms with Crippen molar-refractivity contribution in [2.24, 2.45) is 0 Å². The Kier molecular flexibility index (Phi) is 2.44. The van der Waals surface area contributed by atoms with E-state index in [1.54, 1.807) is 13.8 Å². The highest BCUT2D eigenvalue weighted by Crippen LogP contribution is 2.27. The van der Waals surface area contributed by atoms with Gasteiger partial charge < -0.3 is 14.6 Å². The van der Waals surface area contributed by atoms with Crippen LogP contribution in [-0.4, -0.2) is 23.1 Å². The lowest BCUT2D eigenvalue weighted by atomic mass is 10.2. The average molecular weight is 172 g/mol. The summed E-state index contributed by atoms with van der Waals surface area (Å²) in [6, 6.07) is 0. The van der Waals surface area contributed by atoms with Crippen LogP contribution in [0.4, 0.5) is 0 Å². The Morgan fingerprint density at radius 1 is 1.67 bits per heavy atom. The van der Waals surface area contributed by atoms with Crippen LogP contribution < -0.4 is 0 Å². The van der Waals surface area contributed by atoms with Gasteiger partial charge in [0.1, 0.15) is 12.2 Å². The van der Waals surface area contributed by atoms with E-state index in [1.807, 2.05) is 6.92 Å². The molecule has 3 nitrogen and oxygen atoms in total. The normalized spacial score (nSPS) is 30.5. The third kappa shape index (κ3) is 2.50. The molecule has 0 aromatic heterocycles. The Morgan fingerprint density at radius 3 is 2.58 bits per heavy atom. The summed E-state index contributed by atoms with van der Waals surface area (Å²) in [7, 11) is 0. The smallest absolute Gasteiger partial charge is 0.160 e. The molecular formula is C9H16O3.